The van der Waals surface area contributed by atoms with Crippen LogP contribution in [-0.4, -0.2) is 35.2 Å². The molecule has 4 amide bonds. The van der Waals surface area contributed by atoms with Gasteiger partial charge in [0.05, 0.1) is 0 Å². The van der Waals surface area contributed by atoms with Crippen LogP contribution in [0.4, 0.5) is 4.79 Å². The van der Waals surface area contributed by atoms with Crippen LogP contribution < -0.4 is 15.5 Å². The Morgan fingerprint density at radius 2 is 1.47 bits per heavy atom. The van der Waals surface area contributed by atoms with Gasteiger partial charge >= 0.3 is 6.03 Å². The van der Waals surface area contributed by atoms with E-state index in [0.29, 0.717) is 33.9 Å². The average molecular weight is 457 g/mol. The molecular weight excluding hydrogens is 434 g/mol. The molecule has 3 aromatic carbocycles. The molecule has 0 aromatic heterocycles. The Balaban J connectivity index is 1.36. The molecule has 0 saturated carbocycles. The lowest BCUT2D eigenvalue weighted by molar-refractivity contribution is -0.140. The quantitative estimate of drug-likeness (QED) is 0.399. The Labute approximate surface area is 196 Å². The van der Waals surface area contributed by atoms with Crippen LogP contribution >= 0.6 is 0 Å². The number of imide groups is 1. The zero-order valence-electron chi connectivity index (χ0n) is 18.5. The highest BCUT2D eigenvalue weighted by atomic mass is 16.5. The van der Waals surface area contributed by atoms with Gasteiger partial charge in [0.2, 0.25) is 0 Å². The molecule has 1 aliphatic heterocycles. The van der Waals surface area contributed by atoms with E-state index in [0.717, 1.165) is 0 Å². The first-order valence-corrected chi connectivity index (χ1v) is 10.8. The largest absolute Gasteiger partial charge is 0.484 e. The molecule has 1 saturated heterocycles. The topological polar surface area (TPSA) is 105 Å². The summed E-state index contributed by atoms with van der Waals surface area (Å²) < 4.78 is 5.46. The Bertz CT molecular complexity index is 1210. The van der Waals surface area contributed by atoms with Crippen molar-refractivity contribution in [1.29, 1.82) is 0 Å². The number of nitrogens with one attached hydrogen (secondary N) is 2. The van der Waals surface area contributed by atoms with E-state index in [-0.39, 0.29) is 5.78 Å². The molecule has 2 N–H and O–H groups in total. The second-order valence-corrected chi connectivity index (χ2v) is 7.74. The van der Waals surface area contributed by atoms with E-state index >= 15 is 0 Å². The van der Waals surface area contributed by atoms with Crippen LogP contribution in [0.3, 0.4) is 0 Å². The minimum Gasteiger partial charge on any atom is -0.484 e. The molecule has 1 heterocycles. The van der Waals surface area contributed by atoms with Crippen molar-refractivity contribution in [3.63, 3.8) is 0 Å². The van der Waals surface area contributed by atoms with E-state index in [2.05, 4.69) is 10.7 Å². The number of hydrogen-bond donors (Lipinski definition) is 2. The number of carbonyl (C=O) groups is 4. The van der Waals surface area contributed by atoms with Gasteiger partial charge in [-0.3, -0.25) is 19.8 Å². The van der Waals surface area contributed by atoms with E-state index in [1.165, 1.54) is 0 Å². The van der Waals surface area contributed by atoms with Crippen LogP contribution in [0.1, 0.15) is 34.8 Å². The maximum atomic E-state index is 13.1. The number of hydrazine groups is 1. The van der Waals surface area contributed by atoms with Crippen LogP contribution in [0.15, 0.2) is 84.9 Å². The van der Waals surface area contributed by atoms with E-state index in [9.17, 15) is 19.2 Å². The third-order valence-corrected chi connectivity index (χ3v) is 5.65. The van der Waals surface area contributed by atoms with Crippen LogP contribution in [0.25, 0.3) is 0 Å². The first-order chi connectivity index (χ1) is 16.4. The van der Waals surface area contributed by atoms with Crippen LogP contribution in [0.5, 0.6) is 5.75 Å². The number of amides is 4. The molecule has 0 radical (unpaired) electrons. The van der Waals surface area contributed by atoms with Gasteiger partial charge in [-0.05, 0) is 36.2 Å². The summed E-state index contributed by atoms with van der Waals surface area (Å²) in [7, 11) is 0. The molecular formula is C26H23N3O5. The summed E-state index contributed by atoms with van der Waals surface area (Å²) in [5, 5.41) is 3.38. The molecule has 4 rings (SSSR count). The van der Waals surface area contributed by atoms with Gasteiger partial charge in [-0.25, -0.2) is 4.79 Å². The zero-order chi connectivity index (χ0) is 24.1. The molecule has 8 nitrogen and oxygen atoms in total. The minimum atomic E-state index is -1.24. The van der Waals surface area contributed by atoms with Crippen LogP contribution in [0, 0.1) is 0 Å². The second-order valence-electron chi connectivity index (χ2n) is 7.74. The highest BCUT2D eigenvalue weighted by Gasteiger charge is 2.52. The van der Waals surface area contributed by atoms with Crippen molar-refractivity contribution >= 4 is 23.6 Å². The number of carbonyl (C=O) groups excluding carboxylic acids is 4. The summed E-state index contributed by atoms with van der Waals surface area (Å²) in [5.41, 5.74) is 2.76. The molecule has 0 unspecified atom stereocenters. The van der Waals surface area contributed by atoms with Crippen molar-refractivity contribution in [3.8, 4) is 5.75 Å². The molecule has 0 bridgehead atoms. The fraction of sp³-hybridized carbons (Fsp3) is 0.154. The maximum absolute atomic E-state index is 13.1. The lowest BCUT2D eigenvalue weighted by Gasteiger charge is -2.25. The van der Waals surface area contributed by atoms with Gasteiger partial charge in [0, 0.05) is 11.1 Å². The number of rotatable bonds is 8. The summed E-state index contributed by atoms with van der Waals surface area (Å²) in [4.78, 5) is 50.4. The van der Waals surface area contributed by atoms with E-state index in [1.807, 2.05) is 12.1 Å². The molecule has 0 aliphatic carbocycles. The first kappa shape index (κ1) is 22.7. The predicted octanol–water partition coefficient (Wildman–Crippen LogP) is 3.18. The van der Waals surface area contributed by atoms with Crippen LogP contribution in [0.2, 0.25) is 0 Å². The molecule has 172 valence electrons. The first-order valence-electron chi connectivity index (χ1n) is 10.8. The van der Waals surface area contributed by atoms with Crippen molar-refractivity contribution < 1.29 is 23.9 Å². The monoisotopic (exact) mass is 457 g/mol. The standard InChI is InChI=1S/C26H23N3O5/c1-2-26(20-11-7-4-8-12-20)24(32)29(25(33)27-26)28-22(30)17-34-21-15-13-19(14-16-21)23(31)18-9-5-3-6-10-18/h3-16H,2,17H2,1H3,(H,27,33)(H,28,30)/t26-/m1/s1. The van der Waals surface area contributed by atoms with Crippen molar-refractivity contribution in [3.05, 3.63) is 102 Å². The Morgan fingerprint density at radius 3 is 2.09 bits per heavy atom. The lowest BCUT2D eigenvalue weighted by Crippen LogP contribution is -2.49. The number of urea groups is 1. The van der Waals surface area contributed by atoms with Gasteiger partial charge in [-0.15, -0.1) is 0 Å². The molecule has 3 aromatic rings. The van der Waals surface area contributed by atoms with Gasteiger partial charge in [0.25, 0.3) is 11.8 Å². The summed E-state index contributed by atoms with van der Waals surface area (Å²) in [5.74, 6) is -0.998. The summed E-state index contributed by atoms with van der Waals surface area (Å²) in [6.07, 6.45) is 0.318. The number of nitrogens with zero attached hydrogens (tertiary/aromatic N) is 1. The number of hydrogen-bond acceptors (Lipinski definition) is 5. The van der Waals surface area contributed by atoms with Crippen molar-refractivity contribution in [2.75, 3.05) is 6.61 Å². The van der Waals surface area contributed by atoms with Gasteiger partial charge in [0.1, 0.15) is 11.3 Å². The predicted molar refractivity (Wildman–Crippen MR) is 124 cm³/mol. The van der Waals surface area contributed by atoms with Gasteiger partial charge in [-0.1, -0.05) is 67.6 Å². The average Bonchev–Trinajstić information content (AvgIpc) is 3.13. The smallest absolute Gasteiger partial charge is 0.344 e. The molecule has 1 fully saturated rings. The number of ether oxygens (including phenoxy) is 1. The Kier molecular flexibility index (Phi) is 6.40. The number of ketones is 1. The Hall–Kier alpha value is -4.46. The lowest BCUT2D eigenvalue weighted by atomic mass is 9.87. The molecule has 8 heteroatoms. The summed E-state index contributed by atoms with van der Waals surface area (Å²) >= 11 is 0. The number of benzene rings is 3. The van der Waals surface area contributed by atoms with Crippen molar-refractivity contribution in [2.45, 2.75) is 18.9 Å². The summed E-state index contributed by atoms with van der Waals surface area (Å²) in [6, 6.07) is 23.4. The van der Waals surface area contributed by atoms with E-state index in [1.54, 1.807) is 79.7 Å². The van der Waals surface area contributed by atoms with Crippen molar-refractivity contribution in [1.82, 2.24) is 15.8 Å². The van der Waals surface area contributed by atoms with E-state index in [4.69, 9.17) is 4.74 Å². The molecule has 1 atom stereocenters. The van der Waals surface area contributed by atoms with Gasteiger partial charge < -0.3 is 10.1 Å². The normalized spacial score (nSPS) is 17.3. The molecule has 0 spiro atoms. The van der Waals surface area contributed by atoms with Crippen LogP contribution in [-0.2, 0) is 15.1 Å². The minimum absolute atomic E-state index is 0.124. The van der Waals surface area contributed by atoms with Gasteiger partial charge in [-0.2, -0.15) is 5.01 Å². The second kappa shape index (κ2) is 9.58. The maximum Gasteiger partial charge on any atom is 0.344 e. The third kappa shape index (κ3) is 4.38. The zero-order valence-corrected chi connectivity index (χ0v) is 18.5. The summed E-state index contributed by atoms with van der Waals surface area (Å²) in [6.45, 7) is 1.36. The fourth-order valence-electron chi connectivity index (χ4n) is 3.80. The fourth-order valence-corrected chi connectivity index (χ4v) is 3.80. The third-order valence-electron chi connectivity index (χ3n) is 5.65. The molecule has 34 heavy (non-hydrogen) atoms. The Morgan fingerprint density at radius 1 is 0.882 bits per heavy atom. The molecule has 1 aliphatic rings. The van der Waals surface area contributed by atoms with E-state index < -0.39 is 30.0 Å². The SMILES string of the molecule is CC[C@]1(c2ccccc2)NC(=O)N(NC(=O)COc2ccc(C(=O)c3ccccc3)cc2)C1=O. The van der Waals surface area contributed by atoms with Gasteiger partial charge in [0.15, 0.2) is 12.4 Å². The highest BCUT2D eigenvalue weighted by molar-refractivity contribution is 6.09. The highest BCUT2D eigenvalue weighted by Crippen LogP contribution is 2.31. The van der Waals surface area contributed by atoms with Crippen molar-refractivity contribution in [2.24, 2.45) is 0 Å².